The molecule has 1 amide bonds. The number of allylic oxidation sites excluding steroid dienone is 1. The van der Waals surface area contributed by atoms with Gasteiger partial charge in [-0.15, -0.1) is 0 Å². The summed E-state index contributed by atoms with van der Waals surface area (Å²) in [7, 11) is 0. The minimum absolute atomic E-state index is 0.120. The molecule has 1 saturated carbocycles. The third-order valence-electron chi connectivity index (χ3n) is 5.97. The molecule has 2 heterocycles. The van der Waals surface area contributed by atoms with E-state index in [1.807, 2.05) is 0 Å². The zero-order valence-electron chi connectivity index (χ0n) is 18.0. The maximum Gasteiger partial charge on any atom is 0.258 e. The van der Waals surface area contributed by atoms with Crippen LogP contribution in [0.4, 0.5) is 8.78 Å². The molecular weight excluding hydrogens is 452 g/mol. The van der Waals surface area contributed by atoms with E-state index in [0.717, 1.165) is 25.7 Å². The van der Waals surface area contributed by atoms with Crippen molar-refractivity contribution >= 4 is 29.4 Å². The lowest BCUT2D eigenvalue weighted by Gasteiger charge is -2.30. The highest BCUT2D eigenvalue weighted by molar-refractivity contribution is 6.39. The van der Waals surface area contributed by atoms with E-state index in [1.54, 1.807) is 6.20 Å². The molecule has 0 aromatic heterocycles. The number of rotatable bonds is 6. The molecule has 0 bridgehead atoms. The van der Waals surface area contributed by atoms with E-state index in [-0.39, 0.29) is 48.2 Å². The van der Waals surface area contributed by atoms with Gasteiger partial charge in [-0.3, -0.25) is 4.79 Å². The maximum atomic E-state index is 14.0. The molecule has 1 aromatic carbocycles. The van der Waals surface area contributed by atoms with E-state index < -0.39 is 12.5 Å². The molecule has 0 atom stereocenters. The predicted molar refractivity (Wildman–Crippen MR) is 123 cm³/mol. The predicted octanol–water partition coefficient (Wildman–Crippen LogP) is 3.52. The van der Waals surface area contributed by atoms with E-state index in [2.05, 4.69) is 15.6 Å². The van der Waals surface area contributed by atoms with Crippen molar-refractivity contribution in [2.24, 2.45) is 4.99 Å². The van der Waals surface area contributed by atoms with Crippen molar-refractivity contribution < 1.29 is 18.3 Å². The molecule has 33 heavy (non-hydrogen) atoms. The van der Waals surface area contributed by atoms with Gasteiger partial charge in [0.15, 0.2) is 0 Å². The zero-order chi connectivity index (χ0) is 23.4. The molecule has 0 unspecified atom stereocenters. The summed E-state index contributed by atoms with van der Waals surface area (Å²) in [5.74, 6) is -0.136. The summed E-state index contributed by atoms with van der Waals surface area (Å²) < 4.78 is 32.5. The highest BCUT2D eigenvalue weighted by Crippen LogP contribution is 2.29. The van der Waals surface area contributed by atoms with E-state index >= 15 is 0 Å². The fraction of sp³-hybridized carbons (Fsp3) is 0.435. The summed E-state index contributed by atoms with van der Waals surface area (Å²) in [5, 5.41) is 14.8. The number of likely N-dealkylation sites (tertiary alicyclic amines) is 1. The number of nitrogens with zero attached hydrogens (tertiary/aromatic N) is 2. The van der Waals surface area contributed by atoms with Gasteiger partial charge in [0.25, 0.3) is 5.91 Å². The topological polar surface area (TPSA) is 89.8 Å². The molecule has 176 valence electrons. The van der Waals surface area contributed by atoms with Crippen molar-refractivity contribution in [3.63, 3.8) is 0 Å². The molecule has 0 radical (unpaired) electrons. The first kappa shape index (κ1) is 23.4. The lowest BCUT2D eigenvalue weighted by molar-refractivity contribution is 0.0790. The molecule has 3 aliphatic rings. The Morgan fingerprint density at radius 2 is 2.09 bits per heavy atom. The van der Waals surface area contributed by atoms with Gasteiger partial charge in [-0.2, -0.15) is 0 Å². The summed E-state index contributed by atoms with van der Waals surface area (Å²) in [5.41, 5.74) is 1.14. The van der Waals surface area contributed by atoms with Gasteiger partial charge in [-0.05, 0) is 37.8 Å². The van der Waals surface area contributed by atoms with Crippen LogP contribution in [-0.2, 0) is 0 Å². The molecule has 1 saturated heterocycles. The van der Waals surface area contributed by atoms with Crippen molar-refractivity contribution in [2.75, 3.05) is 26.3 Å². The third kappa shape index (κ3) is 5.59. The monoisotopic (exact) mass is 477 g/mol. The van der Waals surface area contributed by atoms with Gasteiger partial charge in [0.2, 0.25) is 0 Å². The smallest absolute Gasteiger partial charge is 0.258 e. The van der Waals surface area contributed by atoms with Gasteiger partial charge >= 0.3 is 0 Å². The van der Waals surface area contributed by atoms with Crippen LogP contribution in [-0.4, -0.2) is 61.2 Å². The van der Waals surface area contributed by atoms with Gasteiger partial charge in [0.1, 0.15) is 24.1 Å². The van der Waals surface area contributed by atoms with Crippen molar-refractivity contribution in [2.45, 2.75) is 37.8 Å². The average molecular weight is 478 g/mol. The van der Waals surface area contributed by atoms with Crippen LogP contribution in [0.3, 0.4) is 0 Å². The second-order valence-corrected chi connectivity index (χ2v) is 8.71. The maximum absolute atomic E-state index is 14.0. The van der Waals surface area contributed by atoms with Crippen LogP contribution in [0.15, 0.2) is 45.8 Å². The summed E-state index contributed by atoms with van der Waals surface area (Å²) in [6.45, 7) is 0.260. The standard InChI is InChI=1S/C23H26ClF2N5O2/c24-14-10-29-22(30-11-14)19-12-31(13-20(19)27)23(32)18-6-1-15(26)9-21(18)33-17-4-2-16(3-5-17)28-8-7-25/h1,6,9-11,16-17,27-29H,2-5,7-8,12-13H2/b22-19+,27-20?/t16-,17+. The van der Waals surface area contributed by atoms with Crippen LogP contribution in [0, 0.1) is 11.2 Å². The number of alkyl halides is 1. The number of amides is 1. The fourth-order valence-corrected chi connectivity index (χ4v) is 4.36. The van der Waals surface area contributed by atoms with E-state index in [0.29, 0.717) is 23.0 Å². The number of aliphatic imine (C=N–C) groups is 1. The lowest BCUT2D eigenvalue weighted by Crippen LogP contribution is -2.37. The molecule has 7 nitrogen and oxygen atoms in total. The molecular formula is C23H26ClF2N5O2. The zero-order valence-corrected chi connectivity index (χ0v) is 18.8. The largest absolute Gasteiger partial charge is 0.489 e. The Balaban J connectivity index is 1.45. The molecule has 3 N–H and O–H groups in total. The highest BCUT2D eigenvalue weighted by Gasteiger charge is 2.32. The first-order valence-electron chi connectivity index (χ1n) is 11.0. The molecule has 2 fully saturated rings. The number of halogens is 3. The molecule has 0 spiro atoms. The van der Waals surface area contributed by atoms with Crippen LogP contribution in [0.5, 0.6) is 5.75 Å². The first-order chi connectivity index (χ1) is 15.9. The average Bonchev–Trinajstić information content (AvgIpc) is 3.20. The minimum atomic E-state index is -0.485. The number of hydrogen-bond donors (Lipinski definition) is 3. The minimum Gasteiger partial charge on any atom is -0.489 e. The van der Waals surface area contributed by atoms with E-state index in [4.69, 9.17) is 21.7 Å². The van der Waals surface area contributed by atoms with Crippen molar-refractivity contribution in [1.82, 2.24) is 15.5 Å². The quantitative estimate of drug-likeness (QED) is 0.585. The lowest BCUT2D eigenvalue weighted by atomic mass is 9.93. The normalized spacial score (nSPS) is 25.1. The number of nitrogens with one attached hydrogen (secondary N) is 3. The van der Waals surface area contributed by atoms with Crippen LogP contribution < -0.4 is 15.4 Å². The molecule has 10 heteroatoms. The SMILES string of the molecule is N=C1CN(C(=O)c2ccc(F)cc2O[C@H]2CC[C@@H](NCCF)CC2)C/C1=C1\N=CC(Cl)=CN1. The van der Waals surface area contributed by atoms with Gasteiger partial charge < -0.3 is 25.7 Å². The van der Waals surface area contributed by atoms with Gasteiger partial charge in [-0.1, -0.05) is 11.6 Å². The van der Waals surface area contributed by atoms with Crippen molar-refractivity contribution in [3.05, 3.63) is 52.2 Å². The Hall–Kier alpha value is -2.78. The molecule has 4 rings (SSSR count). The van der Waals surface area contributed by atoms with E-state index in [9.17, 15) is 13.6 Å². The van der Waals surface area contributed by atoms with Crippen molar-refractivity contribution in [1.29, 1.82) is 5.41 Å². The summed E-state index contributed by atoms with van der Waals surface area (Å²) in [6.07, 6.45) is 6.03. The van der Waals surface area contributed by atoms with Crippen molar-refractivity contribution in [3.8, 4) is 5.75 Å². The molecule has 1 aromatic rings. The van der Waals surface area contributed by atoms with Crippen LogP contribution in [0.2, 0.25) is 0 Å². The Bertz CT molecular complexity index is 1020. The number of carbonyl (C=O) groups excluding carboxylic acids is 1. The fourth-order valence-electron chi connectivity index (χ4n) is 4.26. The number of benzene rings is 1. The summed E-state index contributed by atoms with van der Waals surface area (Å²) in [6, 6.07) is 4.15. The number of ether oxygens (including phenoxy) is 1. The second kappa shape index (κ2) is 10.4. The van der Waals surface area contributed by atoms with Gasteiger partial charge in [-0.25, -0.2) is 13.8 Å². The number of carbonyl (C=O) groups is 1. The van der Waals surface area contributed by atoms with Crippen LogP contribution in [0.1, 0.15) is 36.0 Å². The van der Waals surface area contributed by atoms with Gasteiger partial charge in [0.05, 0.1) is 35.5 Å². The number of hydrogen-bond acceptors (Lipinski definition) is 6. The highest BCUT2D eigenvalue weighted by atomic mass is 35.5. The Kier molecular flexibility index (Phi) is 7.39. The third-order valence-corrected chi connectivity index (χ3v) is 6.18. The van der Waals surface area contributed by atoms with Gasteiger partial charge in [0, 0.05) is 36.6 Å². The second-order valence-electron chi connectivity index (χ2n) is 8.27. The Morgan fingerprint density at radius 1 is 1.30 bits per heavy atom. The Morgan fingerprint density at radius 3 is 2.79 bits per heavy atom. The van der Waals surface area contributed by atoms with E-state index in [1.165, 1.54) is 29.3 Å². The summed E-state index contributed by atoms with van der Waals surface area (Å²) in [4.78, 5) is 19.0. The Labute approximate surface area is 196 Å². The summed E-state index contributed by atoms with van der Waals surface area (Å²) >= 11 is 5.87. The van der Waals surface area contributed by atoms with Crippen LogP contribution in [0.25, 0.3) is 0 Å². The van der Waals surface area contributed by atoms with Crippen LogP contribution >= 0.6 is 11.6 Å². The molecule has 2 aliphatic heterocycles. The molecule has 1 aliphatic carbocycles. The first-order valence-corrected chi connectivity index (χ1v) is 11.3.